The highest BCUT2D eigenvalue weighted by atomic mass is 35.5. The fourth-order valence-electron chi connectivity index (χ4n) is 3.32. The molecule has 1 saturated heterocycles. The van der Waals surface area contributed by atoms with Gasteiger partial charge in [0.25, 0.3) is 0 Å². The first-order chi connectivity index (χ1) is 12.7. The maximum Gasteiger partial charge on any atom is 0.228 e. The van der Waals surface area contributed by atoms with Gasteiger partial charge >= 0.3 is 0 Å². The summed E-state index contributed by atoms with van der Waals surface area (Å²) in [4.78, 5) is 18.1. The summed E-state index contributed by atoms with van der Waals surface area (Å²) in [5.74, 6) is -0.0495. The van der Waals surface area contributed by atoms with Crippen LogP contribution >= 0.6 is 11.6 Å². The molecule has 1 aliphatic heterocycles. The smallest absolute Gasteiger partial charge is 0.228 e. The molecule has 1 aliphatic rings. The van der Waals surface area contributed by atoms with Crippen LogP contribution in [-0.4, -0.2) is 37.2 Å². The Morgan fingerprint density at radius 1 is 1.19 bits per heavy atom. The second-order valence-electron chi connectivity index (χ2n) is 6.35. The zero-order valence-electron chi connectivity index (χ0n) is 14.3. The zero-order valence-corrected chi connectivity index (χ0v) is 15.1. The van der Waals surface area contributed by atoms with E-state index in [0.29, 0.717) is 18.2 Å². The van der Waals surface area contributed by atoms with Crippen LogP contribution in [0.1, 0.15) is 5.56 Å². The highest BCUT2D eigenvalue weighted by Gasteiger charge is 2.16. The molecule has 134 valence electrons. The minimum Gasteiger partial charge on any atom is -0.378 e. The maximum absolute atomic E-state index is 12.6. The number of aromatic amines is 1. The lowest BCUT2D eigenvalue weighted by Crippen LogP contribution is -2.36. The number of para-hydroxylation sites is 2. The number of hydrogen-bond donors (Lipinski definition) is 2. The van der Waals surface area contributed by atoms with Crippen molar-refractivity contribution in [3.63, 3.8) is 0 Å². The van der Waals surface area contributed by atoms with E-state index in [-0.39, 0.29) is 12.3 Å². The van der Waals surface area contributed by atoms with Crippen molar-refractivity contribution in [1.82, 2.24) is 4.98 Å². The molecule has 6 heteroatoms. The Bertz CT molecular complexity index is 932. The molecule has 4 rings (SSSR count). The Morgan fingerprint density at radius 2 is 2.00 bits per heavy atom. The van der Waals surface area contributed by atoms with E-state index in [1.807, 2.05) is 48.7 Å². The molecule has 0 spiro atoms. The molecule has 0 unspecified atom stereocenters. The minimum atomic E-state index is -0.0495. The first kappa shape index (κ1) is 16.9. The summed E-state index contributed by atoms with van der Waals surface area (Å²) in [6.07, 6.45) is 2.16. The van der Waals surface area contributed by atoms with Gasteiger partial charge < -0.3 is 19.9 Å². The fraction of sp³-hybridized carbons (Fsp3) is 0.250. The van der Waals surface area contributed by atoms with Crippen molar-refractivity contribution in [3.05, 3.63) is 59.2 Å². The van der Waals surface area contributed by atoms with Crippen LogP contribution in [0.3, 0.4) is 0 Å². The van der Waals surface area contributed by atoms with Crippen molar-refractivity contribution in [3.8, 4) is 0 Å². The van der Waals surface area contributed by atoms with Gasteiger partial charge in [-0.3, -0.25) is 4.79 Å². The van der Waals surface area contributed by atoms with Crippen LogP contribution in [0.4, 0.5) is 11.4 Å². The number of aromatic nitrogens is 1. The van der Waals surface area contributed by atoms with Gasteiger partial charge in [0.05, 0.1) is 31.0 Å². The van der Waals surface area contributed by atoms with Crippen molar-refractivity contribution in [1.29, 1.82) is 0 Å². The molecule has 5 nitrogen and oxygen atoms in total. The molecule has 2 N–H and O–H groups in total. The van der Waals surface area contributed by atoms with Crippen LogP contribution in [0.25, 0.3) is 10.9 Å². The number of nitrogens with zero attached hydrogens (tertiary/aromatic N) is 1. The molecule has 2 heterocycles. The van der Waals surface area contributed by atoms with E-state index >= 15 is 0 Å². The number of fused-ring (bicyclic) bond motifs is 1. The molecule has 0 radical (unpaired) electrons. The number of H-pyrrole nitrogens is 1. The predicted molar refractivity (Wildman–Crippen MR) is 105 cm³/mol. The van der Waals surface area contributed by atoms with E-state index < -0.39 is 0 Å². The number of nitrogens with one attached hydrogen (secondary N) is 2. The summed E-state index contributed by atoms with van der Waals surface area (Å²) in [5, 5.41) is 4.70. The lowest BCUT2D eigenvalue weighted by Gasteiger charge is -2.30. The first-order valence-corrected chi connectivity index (χ1v) is 9.05. The number of hydrogen-bond acceptors (Lipinski definition) is 3. The molecule has 3 aromatic rings. The second kappa shape index (κ2) is 7.40. The van der Waals surface area contributed by atoms with Crippen molar-refractivity contribution in [2.24, 2.45) is 0 Å². The first-order valence-electron chi connectivity index (χ1n) is 8.68. The molecular formula is C20H20ClN3O2. The van der Waals surface area contributed by atoms with Crippen molar-refractivity contribution in [2.75, 3.05) is 36.5 Å². The minimum absolute atomic E-state index is 0.0495. The molecule has 2 aromatic carbocycles. The normalized spacial score (nSPS) is 14.6. The third kappa shape index (κ3) is 3.54. The number of rotatable bonds is 4. The Hall–Kier alpha value is -2.50. The van der Waals surface area contributed by atoms with Crippen LogP contribution in [0.5, 0.6) is 0 Å². The SMILES string of the molecule is O=C(Cc1c[nH]c2ccc(Cl)cc12)Nc1ccccc1N1CCOCC1. The lowest BCUT2D eigenvalue weighted by atomic mass is 10.1. The number of anilines is 2. The van der Waals surface area contributed by atoms with Gasteiger partial charge in [0.1, 0.15) is 0 Å². The highest BCUT2D eigenvalue weighted by Crippen LogP contribution is 2.27. The van der Waals surface area contributed by atoms with Crippen LogP contribution in [0, 0.1) is 0 Å². The molecular weight excluding hydrogens is 350 g/mol. The van der Waals surface area contributed by atoms with E-state index in [2.05, 4.69) is 15.2 Å². The number of benzene rings is 2. The molecule has 1 aromatic heterocycles. The largest absolute Gasteiger partial charge is 0.378 e. The molecule has 0 aliphatic carbocycles. The van der Waals surface area contributed by atoms with E-state index in [4.69, 9.17) is 16.3 Å². The molecule has 0 bridgehead atoms. The van der Waals surface area contributed by atoms with E-state index in [1.165, 1.54) is 0 Å². The summed E-state index contributed by atoms with van der Waals surface area (Å²) in [6, 6.07) is 13.5. The summed E-state index contributed by atoms with van der Waals surface area (Å²) < 4.78 is 5.42. The van der Waals surface area contributed by atoms with Crippen molar-refractivity contribution >= 4 is 39.8 Å². The number of carbonyl (C=O) groups excluding carboxylic acids is 1. The molecule has 26 heavy (non-hydrogen) atoms. The van der Waals surface area contributed by atoms with Gasteiger partial charge in [-0.15, -0.1) is 0 Å². The quantitative estimate of drug-likeness (QED) is 0.734. The van der Waals surface area contributed by atoms with Gasteiger partial charge in [0.15, 0.2) is 0 Å². The Morgan fingerprint density at radius 3 is 2.85 bits per heavy atom. The average Bonchev–Trinajstić information content (AvgIpc) is 3.05. The average molecular weight is 370 g/mol. The third-order valence-corrected chi connectivity index (χ3v) is 4.85. The van der Waals surface area contributed by atoms with Gasteiger partial charge in [0, 0.05) is 35.2 Å². The fourth-order valence-corrected chi connectivity index (χ4v) is 3.50. The van der Waals surface area contributed by atoms with Gasteiger partial charge in [0.2, 0.25) is 5.91 Å². The van der Waals surface area contributed by atoms with E-state index in [9.17, 15) is 4.79 Å². The number of amides is 1. The van der Waals surface area contributed by atoms with Crippen LogP contribution in [0.15, 0.2) is 48.7 Å². The van der Waals surface area contributed by atoms with Crippen molar-refractivity contribution < 1.29 is 9.53 Å². The Balaban J connectivity index is 1.52. The number of ether oxygens (including phenoxy) is 1. The lowest BCUT2D eigenvalue weighted by molar-refractivity contribution is -0.115. The molecule has 1 fully saturated rings. The molecule has 1 amide bonds. The number of halogens is 1. The summed E-state index contributed by atoms with van der Waals surface area (Å²) >= 11 is 6.09. The molecule has 0 atom stereocenters. The van der Waals surface area contributed by atoms with Gasteiger partial charge in [-0.2, -0.15) is 0 Å². The third-order valence-electron chi connectivity index (χ3n) is 4.61. The number of morpholine rings is 1. The zero-order chi connectivity index (χ0) is 17.9. The van der Waals surface area contributed by atoms with Crippen LogP contribution in [0.2, 0.25) is 5.02 Å². The monoisotopic (exact) mass is 369 g/mol. The summed E-state index contributed by atoms with van der Waals surface area (Å²) in [6.45, 7) is 3.07. The van der Waals surface area contributed by atoms with E-state index in [0.717, 1.165) is 40.9 Å². The standard InChI is InChI=1S/C20H20ClN3O2/c21-15-5-6-17-16(12-15)14(13-22-17)11-20(25)23-18-3-1-2-4-19(18)24-7-9-26-10-8-24/h1-6,12-13,22H,7-11H2,(H,23,25). The highest BCUT2D eigenvalue weighted by molar-refractivity contribution is 6.31. The topological polar surface area (TPSA) is 57.4 Å². The van der Waals surface area contributed by atoms with Gasteiger partial charge in [-0.1, -0.05) is 23.7 Å². The van der Waals surface area contributed by atoms with Crippen LogP contribution in [-0.2, 0) is 16.0 Å². The summed E-state index contributed by atoms with van der Waals surface area (Å²) in [7, 11) is 0. The Labute approximate surface area is 156 Å². The number of carbonyl (C=O) groups is 1. The predicted octanol–water partition coefficient (Wildman–Crippen LogP) is 3.84. The maximum atomic E-state index is 12.6. The van der Waals surface area contributed by atoms with Gasteiger partial charge in [-0.25, -0.2) is 0 Å². The molecule has 0 saturated carbocycles. The van der Waals surface area contributed by atoms with Crippen molar-refractivity contribution in [2.45, 2.75) is 6.42 Å². The van der Waals surface area contributed by atoms with Gasteiger partial charge in [-0.05, 0) is 35.9 Å². The summed E-state index contributed by atoms with van der Waals surface area (Å²) in [5.41, 5.74) is 3.78. The second-order valence-corrected chi connectivity index (χ2v) is 6.78. The van der Waals surface area contributed by atoms with E-state index in [1.54, 1.807) is 0 Å². The van der Waals surface area contributed by atoms with Crippen LogP contribution < -0.4 is 10.2 Å². The Kier molecular flexibility index (Phi) is 4.82.